The van der Waals surface area contributed by atoms with Gasteiger partial charge in [0.25, 0.3) is 0 Å². The monoisotopic (exact) mass is 459 g/mol. The highest BCUT2D eigenvalue weighted by Crippen LogP contribution is 2.50. The lowest BCUT2D eigenvalue weighted by Gasteiger charge is -2.20. The molecule has 0 aliphatic rings. The molecule has 0 spiro atoms. The highest BCUT2D eigenvalue weighted by Gasteiger charge is 2.38. The third-order valence-electron chi connectivity index (χ3n) is 2.87. The number of halogens is 7. The molecule has 168 valence electrons. The van der Waals surface area contributed by atoms with E-state index in [0.717, 1.165) is 10.8 Å². The van der Waals surface area contributed by atoms with E-state index in [1.807, 2.05) is 0 Å². The normalized spacial score (nSPS) is 13.0. The Kier molecular flexibility index (Phi) is 9.06. The Bertz CT molecular complexity index is 747. The highest BCUT2D eigenvalue weighted by atomic mass is 31.2. The summed E-state index contributed by atoms with van der Waals surface area (Å²) in [5.74, 6) is -1.17. The standard InChI is InChI=1S/C13H17F7N3O5P/c1-2-21-10-9(14)5-23(11(24)22-10)3-4-26-8-29(25,27-6-12(15,16)17)28-7-13(18,19)20/h5H,2-4,6-8H2,1H3,(H,21,22,24). The first-order chi connectivity index (χ1) is 13.2. The molecule has 1 aromatic heterocycles. The van der Waals surface area contributed by atoms with Crippen molar-refractivity contribution in [3.63, 3.8) is 0 Å². The predicted molar refractivity (Wildman–Crippen MR) is 85.1 cm³/mol. The molecule has 1 aromatic rings. The Balaban J connectivity index is 2.69. The van der Waals surface area contributed by atoms with Crippen molar-refractivity contribution in [2.75, 3.05) is 38.0 Å². The Labute approximate surface area is 159 Å². The average molecular weight is 459 g/mol. The Morgan fingerprint density at radius 3 is 2.17 bits per heavy atom. The summed E-state index contributed by atoms with van der Waals surface area (Å²) in [6.45, 7) is -3.22. The van der Waals surface area contributed by atoms with Crippen LogP contribution in [-0.4, -0.2) is 54.6 Å². The summed E-state index contributed by atoms with van der Waals surface area (Å²) in [6, 6.07) is 0. The number of alkyl halides is 6. The zero-order chi connectivity index (χ0) is 22.3. The smallest absolute Gasteiger partial charge is 0.368 e. The molecule has 0 aromatic carbocycles. The maximum Gasteiger partial charge on any atom is 0.412 e. The van der Waals surface area contributed by atoms with Gasteiger partial charge in [0.1, 0.15) is 6.35 Å². The minimum Gasteiger partial charge on any atom is -0.368 e. The van der Waals surface area contributed by atoms with Crippen molar-refractivity contribution in [3.05, 3.63) is 22.5 Å². The number of hydrogen-bond donors (Lipinski definition) is 1. The number of hydrogen-bond acceptors (Lipinski definition) is 7. The minimum absolute atomic E-state index is 0.291. The van der Waals surface area contributed by atoms with Crippen molar-refractivity contribution in [3.8, 4) is 0 Å². The Morgan fingerprint density at radius 2 is 1.69 bits per heavy atom. The van der Waals surface area contributed by atoms with Gasteiger partial charge in [0.15, 0.2) is 24.8 Å². The molecule has 0 unspecified atom stereocenters. The molecule has 0 bridgehead atoms. The largest absolute Gasteiger partial charge is 0.412 e. The molecule has 0 amide bonds. The van der Waals surface area contributed by atoms with Crippen molar-refractivity contribution in [1.82, 2.24) is 9.55 Å². The molecule has 0 fully saturated rings. The lowest BCUT2D eigenvalue weighted by atomic mass is 10.5. The lowest BCUT2D eigenvalue weighted by Crippen LogP contribution is -2.27. The van der Waals surface area contributed by atoms with E-state index in [4.69, 9.17) is 4.74 Å². The summed E-state index contributed by atoms with van der Waals surface area (Å²) in [5, 5.41) is 2.50. The lowest BCUT2D eigenvalue weighted by molar-refractivity contribution is -0.166. The molecule has 0 aliphatic carbocycles. The van der Waals surface area contributed by atoms with Gasteiger partial charge >= 0.3 is 25.6 Å². The van der Waals surface area contributed by atoms with E-state index in [2.05, 4.69) is 19.3 Å². The fraction of sp³-hybridized carbons (Fsp3) is 0.692. The number of nitrogens with one attached hydrogen (secondary N) is 1. The van der Waals surface area contributed by atoms with Crippen molar-refractivity contribution in [2.45, 2.75) is 25.8 Å². The topological polar surface area (TPSA) is 91.7 Å². The van der Waals surface area contributed by atoms with E-state index in [9.17, 15) is 40.1 Å². The second-order valence-electron chi connectivity index (χ2n) is 5.37. The van der Waals surface area contributed by atoms with E-state index in [1.54, 1.807) is 6.92 Å². The third-order valence-corrected chi connectivity index (χ3v) is 4.41. The van der Waals surface area contributed by atoms with Crippen LogP contribution in [0.5, 0.6) is 0 Å². The molecular weight excluding hydrogens is 442 g/mol. The van der Waals surface area contributed by atoms with Crippen LogP contribution in [0, 0.1) is 5.82 Å². The molecule has 0 saturated carbocycles. The van der Waals surface area contributed by atoms with E-state index in [1.165, 1.54) is 0 Å². The van der Waals surface area contributed by atoms with E-state index >= 15 is 0 Å². The predicted octanol–water partition coefficient (Wildman–Crippen LogP) is 3.14. The summed E-state index contributed by atoms with van der Waals surface area (Å²) in [6.07, 6.45) is -10.4. The van der Waals surface area contributed by atoms with Crippen molar-refractivity contribution < 1.29 is 49.1 Å². The number of nitrogens with zero attached hydrogens (tertiary/aromatic N) is 2. The van der Waals surface area contributed by atoms with Crippen molar-refractivity contribution >= 4 is 13.4 Å². The van der Waals surface area contributed by atoms with Crippen LogP contribution in [0.1, 0.15) is 6.92 Å². The van der Waals surface area contributed by atoms with Crippen LogP contribution < -0.4 is 11.0 Å². The van der Waals surface area contributed by atoms with E-state index in [-0.39, 0.29) is 12.4 Å². The van der Waals surface area contributed by atoms with Gasteiger partial charge in [-0.1, -0.05) is 0 Å². The summed E-state index contributed by atoms with van der Waals surface area (Å²) in [5.41, 5.74) is -0.893. The summed E-state index contributed by atoms with van der Waals surface area (Å²) >= 11 is 0. The molecule has 1 heterocycles. The fourth-order valence-electron chi connectivity index (χ4n) is 1.71. The first kappa shape index (κ1) is 25.3. The van der Waals surface area contributed by atoms with E-state index in [0.29, 0.717) is 6.54 Å². The van der Waals surface area contributed by atoms with Gasteiger partial charge in [-0.05, 0) is 6.92 Å². The molecule has 0 saturated heterocycles. The second kappa shape index (κ2) is 10.4. The van der Waals surface area contributed by atoms with Crippen LogP contribution in [0.25, 0.3) is 0 Å². The van der Waals surface area contributed by atoms with Crippen LogP contribution in [-0.2, 0) is 24.9 Å². The molecule has 1 N–H and O–H groups in total. The van der Waals surface area contributed by atoms with Crippen LogP contribution in [0.4, 0.5) is 36.6 Å². The Hall–Kier alpha value is -1.70. The van der Waals surface area contributed by atoms with Gasteiger partial charge in [-0.15, -0.1) is 0 Å². The third kappa shape index (κ3) is 10.1. The molecule has 29 heavy (non-hydrogen) atoms. The van der Waals surface area contributed by atoms with Gasteiger partial charge in [-0.25, -0.2) is 9.18 Å². The highest BCUT2D eigenvalue weighted by molar-refractivity contribution is 7.53. The van der Waals surface area contributed by atoms with Crippen LogP contribution >= 0.6 is 7.60 Å². The van der Waals surface area contributed by atoms with Crippen LogP contribution in [0.2, 0.25) is 0 Å². The molecule has 0 aliphatic heterocycles. The molecule has 0 radical (unpaired) electrons. The first-order valence-electron chi connectivity index (χ1n) is 7.85. The maximum atomic E-state index is 13.7. The van der Waals surface area contributed by atoms with Crippen molar-refractivity contribution in [1.29, 1.82) is 0 Å². The summed E-state index contributed by atoms with van der Waals surface area (Å²) < 4.78 is 112. The summed E-state index contributed by atoms with van der Waals surface area (Å²) in [7, 11) is -4.92. The number of aromatic nitrogens is 2. The van der Waals surface area contributed by atoms with Crippen LogP contribution in [0.3, 0.4) is 0 Å². The molecule has 1 rings (SSSR count). The molecule has 0 atom stereocenters. The van der Waals surface area contributed by atoms with Gasteiger partial charge in [-0.2, -0.15) is 31.3 Å². The first-order valence-corrected chi connectivity index (χ1v) is 9.58. The van der Waals surface area contributed by atoms with Gasteiger partial charge in [0.2, 0.25) is 0 Å². The molecule has 16 heteroatoms. The quantitative estimate of drug-likeness (QED) is 0.309. The molecule has 8 nitrogen and oxygen atoms in total. The number of anilines is 1. The molecular formula is C13H17F7N3O5P. The zero-order valence-corrected chi connectivity index (χ0v) is 15.7. The minimum atomic E-state index is -4.97. The maximum absolute atomic E-state index is 13.7. The van der Waals surface area contributed by atoms with Gasteiger partial charge in [0, 0.05) is 12.7 Å². The van der Waals surface area contributed by atoms with Crippen molar-refractivity contribution in [2.24, 2.45) is 0 Å². The summed E-state index contributed by atoms with van der Waals surface area (Å²) in [4.78, 5) is 15.1. The number of ether oxygens (including phenoxy) is 1. The second-order valence-corrected chi connectivity index (χ2v) is 7.37. The van der Waals surface area contributed by atoms with Gasteiger partial charge < -0.3 is 10.1 Å². The van der Waals surface area contributed by atoms with E-state index < -0.39 is 57.6 Å². The fourth-order valence-corrected chi connectivity index (χ4v) is 2.97. The zero-order valence-electron chi connectivity index (χ0n) is 14.8. The average Bonchev–Trinajstić information content (AvgIpc) is 2.58. The Morgan fingerprint density at radius 1 is 1.14 bits per heavy atom. The SMILES string of the molecule is CCNc1nc(=O)n(CCOCP(=O)(OCC(F)(F)F)OCC(F)(F)F)cc1F. The van der Waals surface area contributed by atoms with Gasteiger partial charge in [-0.3, -0.25) is 18.2 Å². The van der Waals surface area contributed by atoms with Gasteiger partial charge in [0.05, 0.1) is 13.2 Å². The number of rotatable bonds is 11. The van der Waals surface area contributed by atoms with Crippen LogP contribution in [0.15, 0.2) is 11.0 Å².